The van der Waals surface area contributed by atoms with Crippen LogP contribution in [0.4, 0.5) is 0 Å². The minimum absolute atomic E-state index is 0.0937. The standard InChI is InChI=1S/C26H41IO2.C2H6/c1-16-18-9-13-25(4)19-8-12-23(2)11-7-17(28)15-26(23,27)20(19)5-6-22(25)24(18,3)14-10-21(16)29;1-2/h5,16-19,21-22,28-29H,6-15H2,1-4H3;1-2H3. The Kier molecular flexibility index (Phi) is 6.53. The summed E-state index contributed by atoms with van der Waals surface area (Å²) < 4.78 is 0.146. The first-order chi connectivity index (χ1) is 14.6. The molecule has 0 aromatic carbocycles. The summed E-state index contributed by atoms with van der Waals surface area (Å²) >= 11 is 2.79. The third-order valence-corrected chi connectivity index (χ3v) is 13.7. The van der Waals surface area contributed by atoms with Crippen LogP contribution in [-0.4, -0.2) is 25.8 Å². The number of alkyl halides is 1. The number of aliphatic hydroxyl groups is 2. The van der Waals surface area contributed by atoms with Gasteiger partial charge in [0.05, 0.1) is 15.6 Å². The first-order valence-electron chi connectivity index (χ1n) is 13.3. The van der Waals surface area contributed by atoms with Crippen molar-refractivity contribution in [3.63, 3.8) is 0 Å². The van der Waals surface area contributed by atoms with Crippen LogP contribution in [0.15, 0.2) is 11.6 Å². The van der Waals surface area contributed by atoms with Gasteiger partial charge in [-0.25, -0.2) is 0 Å². The summed E-state index contributed by atoms with van der Waals surface area (Å²) in [7, 11) is 0. The van der Waals surface area contributed by atoms with Crippen LogP contribution < -0.4 is 0 Å². The molecule has 31 heavy (non-hydrogen) atoms. The number of hydrogen-bond acceptors (Lipinski definition) is 2. The Morgan fingerprint density at radius 3 is 2.26 bits per heavy atom. The molecule has 0 saturated heterocycles. The van der Waals surface area contributed by atoms with Crippen LogP contribution in [0.1, 0.15) is 106 Å². The Morgan fingerprint density at radius 1 is 0.903 bits per heavy atom. The normalized spacial score (nSPS) is 56.0. The molecule has 0 aromatic rings. The monoisotopic (exact) mass is 542 g/mol. The molecule has 0 amide bonds. The van der Waals surface area contributed by atoms with E-state index in [0.29, 0.717) is 34.0 Å². The molecule has 4 saturated carbocycles. The van der Waals surface area contributed by atoms with Crippen molar-refractivity contribution in [1.29, 1.82) is 0 Å². The molecule has 5 aliphatic rings. The van der Waals surface area contributed by atoms with Crippen molar-refractivity contribution in [1.82, 2.24) is 0 Å². The van der Waals surface area contributed by atoms with Gasteiger partial charge in [0.2, 0.25) is 0 Å². The minimum Gasteiger partial charge on any atom is -0.393 e. The van der Waals surface area contributed by atoms with Crippen molar-refractivity contribution >= 4 is 22.6 Å². The quantitative estimate of drug-likeness (QED) is 0.192. The molecule has 5 rings (SSSR count). The molecule has 4 fully saturated rings. The second kappa shape index (κ2) is 8.26. The van der Waals surface area contributed by atoms with Gasteiger partial charge < -0.3 is 10.2 Å². The smallest absolute Gasteiger partial charge is 0.0568 e. The Balaban J connectivity index is 0.00000112. The number of aliphatic hydroxyl groups excluding tert-OH is 2. The molecule has 0 bridgehead atoms. The maximum absolute atomic E-state index is 10.6. The number of fused-ring (bicyclic) bond motifs is 7. The zero-order valence-corrected chi connectivity index (χ0v) is 23.0. The number of allylic oxidation sites excluding steroid dienone is 2. The van der Waals surface area contributed by atoms with E-state index >= 15 is 0 Å². The highest BCUT2D eigenvalue weighted by molar-refractivity contribution is 14.1. The Labute approximate surface area is 205 Å². The Bertz CT molecular complexity index is 720. The fourth-order valence-corrected chi connectivity index (χ4v) is 11.1. The van der Waals surface area contributed by atoms with Crippen LogP contribution in [0.2, 0.25) is 0 Å². The van der Waals surface area contributed by atoms with Gasteiger partial charge in [-0.1, -0.05) is 75.8 Å². The Morgan fingerprint density at radius 2 is 1.55 bits per heavy atom. The lowest BCUT2D eigenvalue weighted by Gasteiger charge is -2.67. The van der Waals surface area contributed by atoms with Crippen LogP contribution in [0, 0.1) is 39.9 Å². The van der Waals surface area contributed by atoms with E-state index in [2.05, 4.69) is 56.4 Å². The highest BCUT2D eigenvalue weighted by Gasteiger charge is 2.65. The second-order valence-electron chi connectivity index (χ2n) is 12.4. The SMILES string of the molecule is CC.CC1C(O)CCC2(C)C1CCC1(C)C3CCC4(C)CCC(O)CC4(I)C3=CCC12. The molecule has 0 spiro atoms. The van der Waals surface area contributed by atoms with Gasteiger partial charge in [0.15, 0.2) is 0 Å². The first kappa shape index (κ1) is 24.5. The number of rotatable bonds is 0. The molecule has 0 aromatic heterocycles. The van der Waals surface area contributed by atoms with Crippen LogP contribution in [0.25, 0.3) is 0 Å². The van der Waals surface area contributed by atoms with Crippen LogP contribution in [-0.2, 0) is 0 Å². The average molecular weight is 543 g/mol. The zero-order valence-electron chi connectivity index (χ0n) is 20.9. The van der Waals surface area contributed by atoms with Crippen molar-refractivity contribution < 1.29 is 10.2 Å². The van der Waals surface area contributed by atoms with E-state index in [1.54, 1.807) is 5.57 Å². The lowest BCUT2D eigenvalue weighted by Crippen LogP contribution is -2.62. The van der Waals surface area contributed by atoms with E-state index in [1.807, 2.05) is 13.8 Å². The highest BCUT2D eigenvalue weighted by Crippen LogP contribution is 2.72. The first-order valence-corrected chi connectivity index (χ1v) is 14.4. The van der Waals surface area contributed by atoms with Gasteiger partial charge in [-0.2, -0.15) is 0 Å². The summed E-state index contributed by atoms with van der Waals surface area (Å²) in [4.78, 5) is 0. The van der Waals surface area contributed by atoms with Crippen LogP contribution in [0.5, 0.6) is 0 Å². The molecule has 5 aliphatic carbocycles. The van der Waals surface area contributed by atoms with Gasteiger partial charge in [-0.05, 0) is 104 Å². The molecule has 10 atom stereocenters. The van der Waals surface area contributed by atoms with E-state index in [0.717, 1.165) is 25.2 Å². The van der Waals surface area contributed by atoms with E-state index in [1.165, 1.54) is 44.9 Å². The molecule has 0 heterocycles. The molecule has 0 aliphatic heterocycles. The summed E-state index contributed by atoms with van der Waals surface area (Å²) in [6, 6.07) is 0. The average Bonchev–Trinajstić information content (AvgIpc) is 2.73. The Hall–Kier alpha value is 0.390. The predicted molar refractivity (Wildman–Crippen MR) is 138 cm³/mol. The topological polar surface area (TPSA) is 40.5 Å². The van der Waals surface area contributed by atoms with Gasteiger partial charge in [-0.3, -0.25) is 0 Å². The molecular weight excluding hydrogens is 495 g/mol. The molecule has 0 radical (unpaired) electrons. The second-order valence-corrected chi connectivity index (χ2v) is 14.3. The fourth-order valence-electron chi connectivity index (χ4n) is 9.43. The highest BCUT2D eigenvalue weighted by atomic mass is 127. The summed E-state index contributed by atoms with van der Waals surface area (Å²) in [5.41, 5.74) is 2.83. The summed E-state index contributed by atoms with van der Waals surface area (Å²) in [6.07, 6.45) is 14.2. The third kappa shape index (κ3) is 3.36. The van der Waals surface area contributed by atoms with Gasteiger partial charge in [-0.15, -0.1) is 0 Å². The van der Waals surface area contributed by atoms with E-state index in [4.69, 9.17) is 0 Å². The van der Waals surface area contributed by atoms with E-state index in [-0.39, 0.29) is 15.6 Å². The minimum atomic E-state index is -0.126. The molecule has 2 N–H and O–H groups in total. The summed E-state index contributed by atoms with van der Waals surface area (Å²) in [5.74, 6) is 2.56. The van der Waals surface area contributed by atoms with E-state index < -0.39 is 0 Å². The molecular formula is C28H47IO2. The van der Waals surface area contributed by atoms with Crippen LogP contribution in [0.3, 0.4) is 0 Å². The molecule has 3 heteroatoms. The van der Waals surface area contributed by atoms with Crippen LogP contribution >= 0.6 is 22.6 Å². The third-order valence-electron chi connectivity index (χ3n) is 11.3. The molecule has 2 nitrogen and oxygen atoms in total. The lowest BCUT2D eigenvalue weighted by atomic mass is 9.39. The predicted octanol–water partition coefficient (Wildman–Crippen LogP) is 7.31. The maximum atomic E-state index is 10.6. The van der Waals surface area contributed by atoms with Crippen molar-refractivity contribution in [2.45, 2.75) is 121 Å². The van der Waals surface area contributed by atoms with Gasteiger partial charge >= 0.3 is 0 Å². The lowest BCUT2D eigenvalue weighted by molar-refractivity contribution is -0.154. The summed E-state index contributed by atoms with van der Waals surface area (Å²) in [6.45, 7) is 14.0. The molecule has 178 valence electrons. The number of halogens is 1. The zero-order chi connectivity index (χ0) is 22.8. The van der Waals surface area contributed by atoms with Crippen molar-refractivity contribution in [3.05, 3.63) is 11.6 Å². The van der Waals surface area contributed by atoms with Gasteiger partial charge in [0, 0.05) is 0 Å². The summed E-state index contributed by atoms with van der Waals surface area (Å²) in [5, 5.41) is 21.2. The van der Waals surface area contributed by atoms with Gasteiger partial charge in [0.1, 0.15) is 0 Å². The maximum Gasteiger partial charge on any atom is 0.0568 e. The van der Waals surface area contributed by atoms with Crippen molar-refractivity contribution in [2.75, 3.05) is 0 Å². The van der Waals surface area contributed by atoms with Crippen molar-refractivity contribution in [3.8, 4) is 0 Å². The molecule has 10 unspecified atom stereocenters. The number of hydrogen-bond donors (Lipinski definition) is 2. The van der Waals surface area contributed by atoms with E-state index in [9.17, 15) is 10.2 Å². The fraction of sp³-hybridized carbons (Fsp3) is 0.929. The van der Waals surface area contributed by atoms with Gasteiger partial charge in [0.25, 0.3) is 0 Å². The largest absolute Gasteiger partial charge is 0.393 e. The van der Waals surface area contributed by atoms with Crippen molar-refractivity contribution in [2.24, 2.45) is 39.9 Å².